The third kappa shape index (κ3) is 5.14. The average molecular weight is 559 g/mol. The van der Waals surface area contributed by atoms with E-state index in [1.54, 1.807) is 34.6 Å². The predicted molar refractivity (Wildman–Crippen MR) is 152 cm³/mol. The van der Waals surface area contributed by atoms with Crippen LogP contribution in [0.3, 0.4) is 0 Å². The zero-order valence-electron chi connectivity index (χ0n) is 20.3. The molecule has 1 aromatic carbocycles. The highest BCUT2D eigenvalue weighted by Crippen LogP contribution is 2.35. The largest absolute Gasteiger partial charge is 0.462 e. The molecule has 0 unspecified atom stereocenters. The summed E-state index contributed by atoms with van der Waals surface area (Å²) in [4.78, 5) is 32.3. The first-order valence-electron chi connectivity index (χ1n) is 12.1. The summed E-state index contributed by atoms with van der Waals surface area (Å²) in [5, 5.41) is 5.21. The zero-order chi connectivity index (χ0) is 25.2. The van der Waals surface area contributed by atoms with Gasteiger partial charge in [-0.2, -0.15) is 0 Å². The van der Waals surface area contributed by atoms with Gasteiger partial charge in [-0.25, -0.2) is 9.78 Å². The van der Waals surface area contributed by atoms with Gasteiger partial charge in [0, 0.05) is 22.0 Å². The Labute approximate surface area is 227 Å². The van der Waals surface area contributed by atoms with Crippen LogP contribution in [0.1, 0.15) is 59.8 Å². The van der Waals surface area contributed by atoms with Gasteiger partial charge in [0.25, 0.3) is 5.56 Å². The summed E-state index contributed by atoms with van der Waals surface area (Å²) in [6.07, 6.45) is 7.82. The van der Waals surface area contributed by atoms with Crippen molar-refractivity contribution < 1.29 is 9.53 Å². The van der Waals surface area contributed by atoms with Crippen LogP contribution in [-0.2, 0) is 17.0 Å². The molecule has 1 aliphatic carbocycles. The zero-order valence-corrected chi connectivity index (χ0v) is 23.5. The first-order chi connectivity index (χ1) is 17.5. The highest BCUT2D eigenvalue weighted by atomic mass is 35.5. The molecule has 4 aromatic rings. The van der Waals surface area contributed by atoms with E-state index in [9.17, 15) is 9.59 Å². The fourth-order valence-electron chi connectivity index (χ4n) is 4.59. The van der Waals surface area contributed by atoms with E-state index < -0.39 is 5.97 Å². The number of carbonyl (C=O) groups is 1. The number of benzene rings is 1. The molecule has 0 bridgehead atoms. The Balaban J connectivity index is 1.53. The van der Waals surface area contributed by atoms with Crippen molar-refractivity contribution in [2.45, 2.75) is 63.4 Å². The summed E-state index contributed by atoms with van der Waals surface area (Å²) >= 11 is 10.8. The number of hydrogen-bond acceptors (Lipinski definition) is 7. The molecule has 0 saturated heterocycles. The number of rotatable bonds is 8. The van der Waals surface area contributed by atoms with E-state index in [2.05, 4.69) is 11.5 Å². The summed E-state index contributed by atoms with van der Waals surface area (Å²) in [5.41, 5.74) is 3.16. The van der Waals surface area contributed by atoms with Crippen molar-refractivity contribution in [3.63, 3.8) is 0 Å². The second-order valence-electron chi connectivity index (χ2n) is 8.86. The second-order valence-corrected chi connectivity index (χ2v) is 12.1. The Morgan fingerprint density at radius 2 is 2.17 bits per heavy atom. The van der Waals surface area contributed by atoms with E-state index >= 15 is 0 Å². The standard InChI is InChI=1S/C27H27ClN2O3S3/c1-3-33-26(32)23-16(2)22-24(36-23)29-27(30(25(22)31)12-11-17-7-5-4-6-8-17)35-15-18-14-34-21-10-9-19(28)13-20(18)21/h7,9-10,13-14H,3-6,8,11-12,15H2,1-2H3. The third-order valence-corrected chi connectivity index (χ3v) is 9.93. The number of thioether (sulfide) groups is 1. The molecule has 0 radical (unpaired) electrons. The molecule has 5 nitrogen and oxygen atoms in total. The number of carbonyl (C=O) groups excluding carboxylic acids is 1. The molecule has 9 heteroatoms. The second kappa shape index (κ2) is 11.1. The number of hydrogen-bond donors (Lipinski definition) is 0. The van der Waals surface area contributed by atoms with Gasteiger partial charge in [-0.05, 0) is 86.0 Å². The van der Waals surface area contributed by atoms with Crippen molar-refractivity contribution in [3.05, 3.63) is 66.6 Å². The molecule has 0 atom stereocenters. The van der Waals surface area contributed by atoms with Gasteiger partial charge in [0.1, 0.15) is 9.71 Å². The van der Waals surface area contributed by atoms with Crippen molar-refractivity contribution in [1.82, 2.24) is 9.55 Å². The topological polar surface area (TPSA) is 61.2 Å². The minimum absolute atomic E-state index is 0.0820. The Morgan fingerprint density at radius 1 is 1.31 bits per heavy atom. The highest BCUT2D eigenvalue weighted by Gasteiger charge is 2.23. The maximum Gasteiger partial charge on any atom is 0.348 e. The summed E-state index contributed by atoms with van der Waals surface area (Å²) in [6, 6.07) is 5.95. The van der Waals surface area contributed by atoms with Gasteiger partial charge in [-0.1, -0.05) is 35.0 Å². The van der Waals surface area contributed by atoms with Crippen molar-refractivity contribution in [3.8, 4) is 0 Å². The molecule has 0 fully saturated rings. The van der Waals surface area contributed by atoms with Crippen LogP contribution >= 0.6 is 46.0 Å². The quantitative estimate of drug-likeness (QED) is 0.0948. The van der Waals surface area contributed by atoms with Crippen LogP contribution in [-0.4, -0.2) is 22.1 Å². The van der Waals surface area contributed by atoms with Crippen molar-refractivity contribution in [1.29, 1.82) is 0 Å². The van der Waals surface area contributed by atoms with Gasteiger partial charge in [-0.3, -0.25) is 9.36 Å². The fourth-order valence-corrected chi connectivity index (χ4v) is 7.94. The van der Waals surface area contributed by atoms with Gasteiger partial charge in [-0.15, -0.1) is 22.7 Å². The number of aryl methyl sites for hydroxylation is 1. The van der Waals surface area contributed by atoms with Crippen LogP contribution < -0.4 is 5.56 Å². The van der Waals surface area contributed by atoms with Crippen LogP contribution in [0.25, 0.3) is 20.3 Å². The number of esters is 1. The van der Waals surface area contributed by atoms with Crippen LogP contribution in [0.2, 0.25) is 5.02 Å². The molecule has 188 valence electrons. The number of ether oxygens (including phenoxy) is 1. The number of halogens is 1. The van der Waals surface area contributed by atoms with E-state index in [0.29, 0.717) is 49.7 Å². The summed E-state index contributed by atoms with van der Waals surface area (Å²) in [7, 11) is 0. The number of aromatic nitrogens is 2. The molecule has 0 aliphatic heterocycles. The number of fused-ring (bicyclic) bond motifs is 2. The lowest BCUT2D eigenvalue weighted by atomic mass is 9.97. The van der Waals surface area contributed by atoms with E-state index in [4.69, 9.17) is 21.3 Å². The van der Waals surface area contributed by atoms with Crippen LogP contribution in [0.15, 0.2) is 45.2 Å². The van der Waals surface area contributed by atoms with Gasteiger partial charge in [0.15, 0.2) is 5.16 Å². The maximum absolute atomic E-state index is 13.8. The predicted octanol–water partition coefficient (Wildman–Crippen LogP) is 7.99. The average Bonchev–Trinajstić information content (AvgIpc) is 3.43. The lowest BCUT2D eigenvalue weighted by Gasteiger charge is -2.16. The minimum Gasteiger partial charge on any atom is -0.462 e. The molecule has 36 heavy (non-hydrogen) atoms. The van der Waals surface area contributed by atoms with Gasteiger partial charge >= 0.3 is 5.97 Å². The van der Waals surface area contributed by atoms with Gasteiger partial charge in [0.2, 0.25) is 0 Å². The number of nitrogens with zero attached hydrogens (tertiary/aromatic N) is 2. The Kier molecular flexibility index (Phi) is 7.86. The third-order valence-electron chi connectivity index (χ3n) is 6.49. The number of allylic oxidation sites excluding steroid dienone is 2. The first-order valence-corrected chi connectivity index (χ1v) is 15.2. The molecule has 0 saturated carbocycles. The maximum atomic E-state index is 13.8. The van der Waals surface area contributed by atoms with Crippen LogP contribution in [0.5, 0.6) is 0 Å². The van der Waals surface area contributed by atoms with E-state index in [0.717, 1.165) is 24.6 Å². The molecule has 0 spiro atoms. The highest BCUT2D eigenvalue weighted by molar-refractivity contribution is 7.98. The van der Waals surface area contributed by atoms with E-state index in [-0.39, 0.29) is 5.56 Å². The molecule has 3 aromatic heterocycles. The van der Waals surface area contributed by atoms with Crippen LogP contribution in [0.4, 0.5) is 0 Å². The summed E-state index contributed by atoms with van der Waals surface area (Å²) in [6.45, 7) is 4.47. The van der Waals surface area contributed by atoms with Crippen molar-refractivity contribution in [2.75, 3.05) is 6.61 Å². The molecule has 1 aliphatic rings. The monoisotopic (exact) mass is 558 g/mol. The van der Waals surface area contributed by atoms with Crippen molar-refractivity contribution in [2.24, 2.45) is 0 Å². The van der Waals surface area contributed by atoms with Gasteiger partial charge in [0.05, 0.1) is 12.0 Å². The molecule has 5 rings (SSSR count). The summed E-state index contributed by atoms with van der Waals surface area (Å²) in [5.74, 6) is 0.280. The Hall–Kier alpha value is -2.13. The Bertz CT molecular complexity index is 1530. The first kappa shape index (κ1) is 25.5. The molecule has 0 amide bonds. The normalized spacial score (nSPS) is 13.9. The fraction of sp³-hybridized carbons (Fsp3) is 0.370. The van der Waals surface area contributed by atoms with Gasteiger partial charge < -0.3 is 4.74 Å². The minimum atomic E-state index is -0.396. The smallest absolute Gasteiger partial charge is 0.348 e. The van der Waals surface area contributed by atoms with Crippen molar-refractivity contribution >= 4 is 72.3 Å². The molecule has 0 N–H and O–H groups in total. The van der Waals surface area contributed by atoms with E-state index in [1.165, 1.54) is 40.0 Å². The molecular formula is C27H27ClN2O3S3. The summed E-state index contributed by atoms with van der Waals surface area (Å²) < 4.78 is 8.22. The molecule has 3 heterocycles. The lowest BCUT2D eigenvalue weighted by Crippen LogP contribution is -2.24. The van der Waals surface area contributed by atoms with E-state index in [1.807, 2.05) is 25.1 Å². The number of thiophene rings is 2. The SMILES string of the molecule is CCOC(=O)c1sc2nc(SCc3csc4ccc(Cl)cc34)n(CCC3=CCCCC3)c(=O)c2c1C. The molecular weight excluding hydrogens is 532 g/mol. The van der Waals surface area contributed by atoms with Crippen LogP contribution in [0, 0.1) is 6.92 Å². The lowest BCUT2D eigenvalue weighted by molar-refractivity contribution is 0.0531. The Morgan fingerprint density at radius 3 is 2.94 bits per heavy atom.